The Hall–Kier alpha value is -1.35. The Morgan fingerprint density at radius 1 is 1.36 bits per heavy atom. The van der Waals surface area contributed by atoms with Gasteiger partial charge in [0.25, 0.3) is 0 Å². The average molecular weight is 299 g/mol. The Labute approximate surface area is 132 Å². The van der Waals surface area contributed by atoms with E-state index in [0.717, 1.165) is 31.2 Å². The van der Waals surface area contributed by atoms with Crippen LogP contribution in [0.2, 0.25) is 0 Å². The molecule has 3 atom stereocenters. The van der Waals surface area contributed by atoms with Crippen molar-refractivity contribution in [3.63, 3.8) is 0 Å². The molecule has 22 heavy (non-hydrogen) atoms. The van der Waals surface area contributed by atoms with E-state index >= 15 is 0 Å². The normalized spacial score (nSPS) is 34.4. The molecule has 1 aromatic rings. The lowest BCUT2D eigenvalue weighted by Gasteiger charge is -2.52. The lowest BCUT2D eigenvalue weighted by molar-refractivity contribution is -0.138. The van der Waals surface area contributed by atoms with Crippen LogP contribution in [0.25, 0.3) is 0 Å². The number of likely N-dealkylation sites (tertiary alicyclic amines) is 1. The van der Waals surface area contributed by atoms with Crippen LogP contribution in [0.5, 0.6) is 5.75 Å². The molecule has 0 aromatic heterocycles. The van der Waals surface area contributed by atoms with Crippen molar-refractivity contribution < 1.29 is 9.53 Å². The van der Waals surface area contributed by atoms with Gasteiger partial charge in [0.1, 0.15) is 5.75 Å². The van der Waals surface area contributed by atoms with Crippen LogP contribution in [-0.2, 0) is 16.6 Å². The lowest BCUT2D eigenvalue weighted by Crippen LogP contribution is -2.63. The van der Waals surface area contributed by atoms with Gasteiger partial charge in [-0.25, -0.2) is 0 Å². The summed E-state index contributed by atoms with van der Waals surface area (Å²) in [6.45, 7) is 6.55. The maximum absolute atomic E-state index is 13.2. The summed E-state index contributed by atoms with van der Waals surface area (Å²) in [6, 6.07) is 6.38. The highest BCUT2D eigenvalue weighted by Crippen LogP contribution is 2.47. The first-order chi connectivity index (χ1) is 10.5. The Morgan fingerprint density at radius 2 is 2.14 bits per heavy atom. The van der Waals surface area contributed by atoms with Crippen LogP contribution in [0.15, 0.2) is 18.2 Å². The van der Waals surface area contributed by atoms with Gasteiger partial charge in [0.15, 0.2) is 5.78 Å². The smallest absolute Gasteiger partial charge is 0.160 e. The Kier molecular flexibility index (Phi) is 3.12. The number of hydrogen-bond donors (Lipinski definition) is 0. The first-order valence-corrected chi connectivity index (χ1v) is 8.49. The van der Waals surface area contributed by atoms with Crippen LogP contribution >= 0.6 is 0 Å². The van der Waals surface area contributed by atoms with Crippen molar-refractivity contribution in [2.24, 2.45) is 11.8 Å². The molecule has 3 heteroatoms. The van der Waals surface area contributed by atoms with E-state index in [1.165, 1.54) is 24.0 Å². The van der Waals surface area contributed by atoms with E-state index in [4.69, 9.17) is 4.74 Å². The number of hydrogen-bond acceptors (Lipinski definition) is 3. The molecule has 4 rings (SSSR count). The third kappa shape index (κ3) is 1.95. The number of piperidine rings is 1. The van der Waals surface area contributed by atoms with Gasteiger partial charge < -0.3 is 4.74 Å². The van der Waals surface area contributed by atoms with E-state index in [1.54, 1.807) is 7.11 Å². The number of ketones is 1. The molecule has 3 aliphatic rings. The number of carbonyl (C=O) groups is 1. The van der Waals surface area contributed by atoms with Gasteiger partial charge in [-0.15, -0.1) is 0 Å². The molecule has 0 spiro atoms. The number of methoxy groups -OCH3 is 1. The van der Waals surface area contributed by atoms with Crippen LogP contribution in [0, 0.1) is 11.8 Å². The topological polar surface area (TPSA) is 29.5 Å². The Balaban J connectivity index is 1.77. The zero-order chi connectivity index (χ0) is 15.5. The largest absolute Gasteiger partial charge is 0.497 e. The fraction of sp³-hybridized carbons (Fsp3) is 0.632. The monoisotopic (exact) mass is 299 g/mol. The lowest BCUT2D eigenvalue weighted by atomic mass is 9.59. The number of Topliss-reactive ketones (excluding diaryl/α,β-unsaturated/α-hetero) is 1. The molecular formula is C19H25NO2. The zero-order valence-electron chi connectivity index (χ0n) is 13.8. The molecule has 1 unspecified atom stereocenters. The number of ether oxygens (including phenoxy) is 1. The van der Waals surface area contributed by atoms with Crippen LogP contribution in [0.4, 0.5) is 0 Å². The van der Waals surface area contributed by atoms with E-state index < -0.39 is 0 Å². The molecule has 1 heterocycles. The summed E-state index contributed by atoms with van der Waals surface area (Å²) in [6.07, 6.45) is 3.56. The molecule has 3 nitrogen and oxygen atoms in total. The van der Waals surface area contributed by atoms with Crippen molar-refractivity contribution in [1.82, 2.24) is 4.90 Å². The predicted molar refractivity (Wildman–Crippen MR) is 86.3 cm³/mol. The van der Waals surface area contributed by atoms with Gasteiger partial charge in [-0.3, -0.25) is 9.69 Å². The first kappa shape index (κ1) is 14.3. The third-order valence-corrected chi connectivity index (χ3v) is 6.23. The van der Waals surface area contributed by atoms with E-state index in [2.05, 4.69) is 30.9 Å². The highest BCUT2D eigenvalue weighted by Gasteiger charge is 2.54. The molecule has 1 aromatic carbocycles. The molecule has 0 N–H and O–H groups in total. The minimum Gasteiger partial charge on any atom is -0.497 e. The van der Waals surface area contributed by atoms with E-state index in [-0.39, 0.29) is 11.5 Å². The van der Waals surface area contributed by atoms with Gasteiger partial charge in [0, 0.05) is 13.1 Å². The molecule has 0 amide bonds. The third-order valence-electron chi connectivity index (χ3n) is 6.23. The number of benzene rings is 1. The number of rotatable bonds is 3. The van der Waals surface area contributed by atoms with Crippen molar-refractivity contribution in [2.75, 3.05) is 20.2 Å². The van der Waals surface area contributed by atoms with Crippen molar-refractivity contribution in [3.8, 4) is 5.75 Å². The highest BCUT2D eigenvalue weighted by molar-refractivity contribution is 5.97. The van der Waals surface area contributed by atoms with E-state index in [1.807, 2.05) is 6.07 Å². The van der Waals surface area contributed by atoms with Gasteiger partial charge in [0.05, 0.1) is 18.6 Å². The summed E-state index contributed by atoms with van der Waals surface area (Å²) >= 11 is 0. The summed E-state index contributed by atoms with van der Waals surface area (Å²) in [5, 5.41) is 0. The van der Waals surface area contributed by atoms with E-state index in [0.29, 0.717) is 11.7 Å². The molecule has 2 bridgehead atoms. The number of nitrogens with zero attached hydrogens (tertiary/aromatic N) is 1. The summed E-state index contributed by atoms with van der Waals surface area (Å²) in [5.74, 6) is 2.47. The second-order valence-corrected chi connectivity index (χ2v) is 7.61. The zero-order valence-corrected chi connectivity index (χ0v) is 13.8. The summed E-state index contributed by atoms with van der Waals surface area (Å²) < 4.78 is 5.39. The molecule has 118 valence electrons. The standard InChI is InChI=1S/C19H25NO2/c1-12-10-20(11-13-4-5-13)17-8-14-6-7-15(22-3)9-16(14)19(12,2)18(17)21/h6-7,9,12-13,17H,4-5,8,10-11H2,1-3H3/t12?,17-,19-/m1/s1. The quantitative estimate of drug-likeness (QED) is 0.859. The maximum Gasteiger partial charge on any atom is 0.160 e. The molecule has 1 saturated heterocycles. The van der Waals surface area contributed by atoms with Crippen LogP contribution in [0.1, 0.15) is 37.8 Å². The second-order valence-electron chi connectivity index (χ2n) is 7.61. The van der Waals surface area contributed by atoms with Gasteiger partial charge in [-0.1, -0.05) is 13.0 Å². The van der Waals surface area contributed by atoms with Gasteiger partial charge in [0.2, 0.25) is 0 Å². The van der Waals surface area contributed by atoms with Crippen LogP contribution < -0.4 is 4.74 Å². The average Bonchev–Trinajstić information content (AvgIpc) is 3.32. The second kappa shape index (κ2) is 4.82. The summed E-state index contributed by atoms with van der Waals surface area (Å²) in [7, 11) is 1.69. The highest BCUT2D eigenvalue weighted by atomic mass is 16.5. The Morgan fingerprint density at radius 3 is 2.82 bits per heavy atom. The number of carbonyl (C=O) groups excluding carboxylic acids is 1. The van der Waals surface area contributed by atoms with Crippen LogP contribution in [-0.4, -0.2) is 36.9 Å². The molecule has 0 radical (unpaired) electrons. The molecule has 1 aliphatic heterocycles. The Bertz CT molecular complexity index is 622. The van der Waals surface area contributed by atoms with Crippen LogP contribution in [0.3, 0.4) is 0 Å². The molecule has 1 saturated carbocycles. The van der Waals surface area contributed by atoms with Crippen molar-refractivity contribution in [1.29, 1.82) is 0 Å². The molecule has 2 aliphatic carbocycles. The van der Waals surface area contributed by atoms with Crippen molar-refractivity contribution in [2.45, 2.75) is 44.6 Å². The van der Waals surface area contributed by atoms with Gasteiger partial charge in [-0.05, 0) is 61.3 Å². The maximum atomic E-state index is 13.2. The first-order valence-electron chi connectivity index (χ1n) is 8.49. The van der Waals surface area contributed by atoms with Gasteiger partial charge in [-0.2, -0.15) is 0 Å². The fourth-order valence-corrected chi connectivity index (χ4v) is 4.42. The minimum atomic E-state index is -0.354. The summed E-state index contributed by atoms with van der Waals surface area (Å²) in [4.78, 5) is 15.7. The minimum absolute atomic E-state index is 0.0858. The van der Waals surface area contributed by atoms with Gasteiger partial charge >= 0.3 is 0 Å². The summed E-state index contributed by atoms with van der Waals surface area (Å²) in [5.41, 5.74) is 2.18. The fourth-order valence-electron chi connectivity index (χ4n) is 4.42. The number of fused-ring (bicyclic) bond motifs is 4. The van der Waals surface area contributed by atoms with E-state index in [9.17, 15) is 4.79 Å². The van der Waals surface area contributed by atoms with Crippen molar-refractivity contribution in [3.05, 3.63) is 29.3 Å². The van der Waals surface area contributed by atoms with Crippen molar-refractivity contribution >= 4 is 5.78 Å². The molecule has 2 fully saturated rings. The molecular weight excluding hydrogens is 274 g/mol. The predicted octanol–water partition coefficient (Wildman–Crippen LogP) is 2.81. The SMILES string of the molecule is COc1ccc2c(c1)[C@]1(C)C(=O)[C@@H](C2)N(CC2CC2)CC1C.